The molecule has 4 aliphatic rings. The minimum absolute atomic E-state index is 0.114. The van der Waals surface area contributed by atoms with E-state index >= 15 is 0 Å². The quantitative estimate of drug-likeness (QED) is 0.614. The Morgan fingerprint density at radius 2 is 1.80 bits per heavy atom. The van der Waals surface area contributed by atoms with Crippen LogP contribution < -0.4 is 0 Å². The van der Waals surface area contributed by atoms with Crippen molar-refractivity contribution in [1.29, 1.82) is 0 Å². The van der Waals surface area contributed by atoms with E-state index in [1.54, 1.807) is 0 Å². The van der Waals surface area contributed by atoms with Crippen LogP contribution in [-0.2, 0) is 9.59 Å². The summed E-state index contributed by atoms with van der Waals surface area (Å²) in [5.41, 5.74) is 1.25. The molecule has 168 valence electrons. The predicted octanol–water partition coefficient (Wildman–Crippen LogP) is 5.24. The molecule has 0 aromatic rings. The highest BCUT2D eigenvalue weighted by atomic mass is 16.4. The molecule has 4 fully saturated rings. The summed E-state index contributed by atoms with van der Waals surface area (Å²) in [7, 11) is 0. The van der Waals surface area contributed by atoms with Gasteiger partial charge < -0.3 is 10.2 Å². The van der Waals surface area contributed by atoms with Gasteiger partial charge in [0.2, 0.25) is 0 Å². The molecule has 4 heteroatoms. The number of ketones is 1. The van der Waals surface area contributed by atoms with Crippen LogP contribution in [-0.4, -0.2) is 28.1 Å². The Balaban J connectivity index is 1.64. The Morgan fingerprint density at radius 1 is 1.13 bits per heavy atom. The van der Waals surface area contributed by atoms with E-state index in [0.717, 1.165) is 56.9 Å². The summed E-state index contributed by atoms with van der Waals surface area (Å²) in [5.74, 6) is 1.74. The fourth-order valence-corrected chi connectivity index (χ4v) is 8.72. The fourth-order valence-electron chi connectivity index (χ4n) is 8.72. The minimum Gasteiger partial charge on any atom is -0.481 e. The Bertz CT molecular complexity index is 741. The molecule has 0 aromatic heterocycles. The van der Waals surface area contributed by atoms with Gasteiger partial charge in [-0.2, -0.15) is 0 Å². The maximum atomic E-state index is 13.8. The molecule has 4 nitrogen and oxygen atoms in total. The van der Waals surface area contributed by atoms with Crippen molar-refractivity contribution in [3.05, 3.63) is 11.6 Å². The van der Waals surface area contributed by atoms with Crippen LogP contribution in [0.25, 0.3) is 0 Å². The Labute approximate surface area is 181 Å². The van der Waals surface area contributed by atoms with Gasteiger partial charge in [0.05, 0.1) is 6.10 Å². The van der Waals surface area contributed by atoms with Gasteiger partial charge in [-0.3, -0.25) is 9.59 Å². The number of hydrogen-bond acceptors (Lipinski definition) is 3. The molecule has 0 amide bonds. The van der Waals surface area contributed by atoms with Gasteiger partial charge in [-0.1, -0.05) is 26.8 Å². The first-order valence-electron chi connectivity index (χ1n) is 12.2. The van der Waals surface area contributed by atoms with Crippen LogP contribution in [0.15, 0.2) is 11.6 Å². The lowest BCUT2D eigenvalue weighted by Crippen LogP contribution is -2.58. The molecular formula is C26H40O4. The average Bonchev–Trinajstić information content (AvgIpc) is 3.05. The molecule has 4 saturated carbocycles. The molecule has 0 spiro atoms. The third-order valence-corrected chi connectivity index (χ3v) is 10.3. The van der Waals surface area contributed by atoms with Gasteiger partial charge in [-0.05, 0) is 104 Å². The number of carboxylic acid groups (broad SMARTS) is 1. The van der Waals surface area contributed by atoms with Gasteiger partial charge >= 0.3 is 5.97 Å². The van der Waals surface area contributed by atoms with Gasteiger partial charge in [-0.15, -0.1) is 0 Å². The molecule has 2 N–H and O–H groups in total. The van der Waals surface area contributed by atoms with Crippen LogP contribution in [0.2, 0.25) is 0 Å². The first-order chi connectivity index (χ1) is 14.1. The van der Waals surface area contributed by atoms with Gasteiger partial charge in [0.1, 0.15) is 0 Å². The maximum absolute atomic E-state index is 13.8. The number of hydrogen-bond donors (Lipinski definition) is 2. The van der Waals surface area contributed by atoms with Crippen LogP contribution in [0, 0.1) is 46.3 Å². The highest BCUT2D eigenvalue weighted by Crippen LogP contribution is 2.68. The minimum atomic E-state index is -0.705. The Morgan fingerprint density at radius 3 is 2.47 bits per heavy atom. The first-order valence-corrected chi connectivity index (χ1v) is 12.2. The SMILES string of the molecule is C/C=C1/C(=O)[C@@H]2[C@H](CC[C@]3(C)[C@@H](C(C)CCC(=O)O)CC[C@@H]23)[C@@]2(C)CCC(O)C[C@@H]12. The maximum Gasteiger partial charge on any atom is 0.303 e. The molecule has 4 rings (SSSR count). The number of Topliss-reactive ketones (excluding diaryl/α,β-unsaturated/α-hetero) is 1. The molecular weight excluding hydrogens is 376 g/mol. The molecule has 30 heavy (non-hydrogen) atoms. The lowest BCUT2D eigenvalue weighted by Gasteiger charge is -2.61. The summed E-state index contributed by atoms with van der Waals surface area (Å²) in [5, 5.41) is 19.5. The summed E-state index contributed by atoms with van der Waals surface area (Å²) in [6.07, 6.45) is 9.86. The molecule has 0 saturated heterocycles. The van der Waals surface area contributed by atoms with Crippen LogP contribution in [0.5, 0.6) is 0 Å². The zero-order valence-electron chi connectivity index (χ0n) is 19.2. The van der Waals surface area contributed by atoms with Gasteiger partial charge in [0.25, 0.3) is 0 Å². The monoisotopic (exact) mass is 416 g/mol. The fraction of sp³-hybridized carbons (Fsp3) is 0.846. The van der Waals surface area contributed by atoms with E-state index in [9.17, 15) is 14.7 Å². The average molecular weight is 417 g/mol. The van der Waals surface area contributed by atoms with E-state index in [-0.39, 0.29) is 35.2 Å². The number of fused-ring (bicyclic) bond motifs is 5. The largest absolute Gasteiger partial charge is 0.481 e. The van der Waals surface area contributed by atoms with E-state index in [1.165, 1.54) is 0 Å². The number of carboxylic acids is 1. The van der Waals surface area contributed by atoms with Crippen LogP contribution >= 0.6 is 0 Å². The number of aliphatic carboxylic acids is 1. The summed E-state index contributed by atoms with van der Waals surface area (Å²) in [4.78, 5) is 24.9. The Kier molecular flexibility index (Phi) is 5.70. The van der Waals surface area contributed by atoms with Crippen molar-refractivity contribution in [3.8, 4) is 0 Å². The highest BCUT2D eigenvalue weighted by molar-refractivity contribution is 5.99. The summed E-state index contributed by atoms with van der Waals surface area (Å²) in [6, 6.07) is 0. The van der Waals surface area contributed by atoms with E-state index in [4.69, 9.17) is 5.11 Å². The standard InChI is InChI=1S/C26H40O4/c1-5-17-21-14-16(27)10-12-26(21,4)20-11-13-25(3)18(15(2)6-9-22(28)29)7-8-19(25)23(20)24(17)30/h5,15-16,18-21,23,27H,6-14H2,1-4H3,(H,28,29)/b17-5+/t15?,16?,18-,19+,20+,21+,23+,25-,26-/m1/s1. The second-order valence-electron chi connectivity index (χ2n) is 11.5. The van der Waals surface area contributed by atoms with E-state index in [1.807, 2.05) is 13.0 Å². The Hall–Kier alpha value is -1.16. The van der Waals surface area contributed by atoms with Crippen LogP contribution in [0.3, 0.4) is 0 Å². The van der Waals surface area contributed by atoms with Gasteiger partial charge in [-0.25, -0.2) is 0 Å². The smallest absolute Gasteiger partial charge is 0.303 e. The van der Waals surface area contributed by atoms with Crippen molar-refractivity contribution in [2.45, 2.75) is 91.6 Å². The van der Waals surface area contributed by atoms with Crippen molar-refractivity contribution < 1.29 is 19.8 Å². The van der Waals surface area contributed by atoms with Gasteiger partial charge in [0, 0.05) is 12.3 Å². The highest BCUT2D eigenvalue weighted by Gasteiger charge is 2.64. The molecule has 9 atom stereocenters. The van der Waals surface area contributed by atoms with E-state index < -0.39 is 5.97 Å². The van der Waals surface area contributed by atoms with Crippen LogP contribution in [0.4, 0.5) is 0 Å². The van der Waals surface area contributed by atoms with Gasteiger partial charge in [0.15, 0.2) is 5.78 Å². The molecule has 2 unspecified atom stereocenters. The summed E-state index contributed by atoms with van der Waals surface area (Å²) >= 11 is 0. The zero-order valence-corrected chi connectivity index (χ0v) is 19.2. The van der Waals surface area contributed by atoms with Crippen molar-refractivity contribution >= 4 is 11.8 Å². The molecule has 0 aliphatic heterocycles. The van der Waals surface area contributed by atoms with E-state index in [2.05, 4.69) is 20.8 Å². The number of rotatable bonds is 4. The van der Waals surface area contributed by atoms with Crippen molar-refractivity contribution in [1.82, 2.24) is 0 Å². The lowest BCUT2D eigenvalue weighted by atomic mass is 9.43. The second-order valence-corrected chi connectivity index (χ2v) is 11.5. The van der Waals surface area contributed by atoms with Crippen molar-refractivity contribution in [2.24, 2.45) is 46.3 Å². The van der Waals surface area contributed by atoms with Crippen LogP contribution in [0.1, 0.15) is 85.5 Å². The molecule has 0 bridgehead atoms. The normalized spacial score (nSPS) is 48.0. The third kappa shape index (κ3) is 3.20. The molecule has 0 radical (unpaired) electrons. The summed E-state index contributed by atoms with van der Waals surface area (Å²) in [6.45, 7) is 9.04. The molecule has 4 aliphatic carbocycles. The van der Waals surface area contributed by atoms with Crippen molar-refractivity contribution in [2.75, 3.05) is 0 Å². The topological polar surface area (TPSA) is 74.6 Å². The lowest BCUT2D eigenvalue weighted by molar-refractivity contribution is -0.150. The summed E-state index contributed by atoms with van der Waals surface area (Å²) < 4.78 is 0. The molecule has 0 aromatic carbocycles. The predicted molar refractivity (Wildman–Crippen MR) is 117 cm³/mol. The number of carbonyl (C=O) groups excluding carboxylic acids is 1. The molecule has 0 heterocycles. The van der Waals surface area contributed by atoms with E-state index in [0.29, 0.717) is 29.5 Å². The van der Waals surface area contributed by atoms with Crippen molar-refractivity contribution in [3.63, 3.8) is 0 Å². The zero-order chi connectivity index (χ0) is 21.8. The number of carbonyl (C=O) groups is 2. The number of allylic oxidation sites excluding steroid dienone is 2. The second kappa shape index (κ2) is 7.76. The number of aliphatic hydroxyl groups excluding tert-OH is 1. The first kappa shape index (κ1) is 22.0. The number of aliphatic hydroxyl groups is 1. The third-order valence-electron chi connectivity index (χ3n) is 10.3.